The molecule has 64 valence electrons. The second-order valence-electron chi connectivity index (χ2n) is 1.89. The van der Waals surface area contributed by atoms with E-state index < -0.39 is 0 Å². The van der Waals surface area contributed by atoms with Gasteiger partial charge in [0.2, 0.25) is 0 Å². The minimum Gasteiger partial charge on any atom is -0.395 e. The van der Waals surface area contributed by atoms with E-state index in [1.807, 2.05) is 0 Å². The zero-order chi connectivity index (χ0) is 8.36. The summed E-state index contributed by atoms with van der Waals surface area (Å²) >= 11 is 0. The Bertz CT molecular complexity index is 123. The van der Waals surface area contributed by atoms with E-state index >= 15 is 0 Å². The fourth-order valence-corrected chi connectivity index (χ4v) is 0.498. The van der Waals surface area contributed by atoms with Crippen molar-refractivity contribution in [3.63, 3.8) is 0 Å². The number of hydrogen-bond acceptors (Lipinski definition) is 3. The molecule has 0 aliphatic rings. The summed E-state index contributed by atoms with van der Waals surface area (Å²) < 4.78 is 9.63. The van der Waals surface area contributed by atoms with Gasteiger partial charge in [0.15, 0.2) is 0 Å². The smallest absolute Gasteiger partial charge is 0.146 e. The highest BCUT2D eigenvalue weighted by Crippen LogP contribution is 1.81. The standard InChI is InChI=1S/C8H14O3/c1-10-8-11-7-5-3-2-4-6-9/h9H,4-8H2,1H3. The number of rotatable bonds is 5. The molecular formula is C8H14O3. The zero-order valence-corrected chi connectivity index (χ0v) is 6.80. The molecule has 0 amide bonds. The van der Waals surface area contributed by atoms with Crippen molar-refractivity contribution in [2.75, 3.05) is 27.1 Å². The quantitative estimate of drug-likeness (QED) is 0.357. The van der Waals surface area contributed by atoms with Gasteiger partial charge in [-0.1, -0.05) is 0 Å². The van der Waals surface area contributed by atoms with Gasteiger partial charge in [-0.3, -0.25) is 0 Å². The van der Waals surface area contributed by atoms with Gasteiger partial charge < -0.3 is 14.6 Å². The number of aliphatic hydroxyl groups is 1. The predicted octanol–water partition coefficient (Wildman–Crippen LogP) is 0.383. The van der Waals surface area contributed by atoms with Crippen molar-refractivity contribution in [1.29, 1.82) is 0 Å². The van der Waals surface area contributed by atoms with Crippen LogP contribution in [0.4, 0.5) is 0 Å². The molecule has 0 unspecified atom stereocenters. The Morgan fingerprint density at radius 2 is 2.00 bits per heavy atom. The first kappa shape index (κ1) is 10.4. The third-order valence-electron chi connectivity index (χ3n) is 0.934. The molecule has 0 aromatic heterocycles. The molecule has 0 saturated heterocycles. The van der Waals surface area contributed by atoms with Gasteiger partial charge in [-0.05, 0) is 0 Å². The minimum atomic E-state index is 0.131. The van der Waals surface area contributed by atoms with E-state index in [1.54, 1.807) is 7.11 Å². The molecule has 0 saturated carbocycles. The number of hydrogen-bond donors (Lipinski definition) is 1. The highest BCUT2D eigenvalue weighted by atomic mass is 16.7. The lowest BCUT2D eigenvalue weighted by Crippen LogP contribution is -1.96. The van der Waals surface area contributed by atoms with Gasteiger partial charge in [0.1, 0.15) is 6.79 Å². The monoisotopic (exact) mass is 158 g/mol. The van der Waals surface area contributed by atoms with Crippen molar-refractivity contribution >= 4 is 0 Å². The largest absolute Gasteiger partial charge is 0.395 e. The normalized spacial score (nSPS) is 8.91. The van der Waals surface area contributed by atoms with Crippen molar-refractivity contribution in [3.8, 4) is 11.8 Å². The first-order valence-corrected chi connectivity index (χ1v) is 3.55. The molecule has 0 aromatic carbocycles. The Kier molecular flexibility index (Phi) is 8.96. The van der Waals surface area contributed by atoms with Crippen molar-refractivity contribution in [2.45, 2.75) is 12.8 Å². The molecule has 0 aromatic rings. The van der Waals surface area contributed by atoms with Crippen LogP contribution in [0.25, 0.3) is 0 Å². The summed E-state index contributed by atoms with van der Waals surface area (Å²) in [6.45, 7) is 1.04. The molecule has 0 atom stereocenters. The highest BCUT2D eigenvalue weighted by Gasteiger charge is 1.81. The van der Waals surface area contributed by atoms with Gasteiger partial charge in [-0.25, -0.2) is 0 Å². The van der Waals surface area contributed by atoms with Crippen LogP contribution in [0.2, 0.25) is 0 Å². The van der Waals surface area contributed by atoms with Crippen LogP contribution >= 0.6 is 0 Å². The first-order chi connectivity index (χ1) is 5.41. The van der Waals surface area contributed by atoms with Crippen LogP contribution in [0, 0.1) is 11.8 Å². The number of aliphatic hydroxyl groups excluding tert-OH is 1. The van der Waals surface area contributed by atoms with Gasteiger partial charge in [-0.15, -0.1) is 11.8 Å². The molecule has 3 heteroatoms. The molecular weight excluding hydrogens is 144 g/mol. The Morgan fingerprint density at radius 3 is 2.64 bits per heavy atom. The van der Waals surface area contributed by atoms with Crippen LogP contribution in [0.3, 0.4) is 0 Å². The lowest BCUT2D eigenvalue weighted by atomic mass is 10.4. The first-order valence-electron chi connectivity index (χ1n) is 3.55. The van der Waals surface area contributed by atoms with E-state index in [9.17, 15) is 0 Å². The Labute approximate surface area is 67.3 Å². The van der Waals surface area contributed by atoms with E-state index in [2.05, 4.69) is 16.6 Å². The zero-order valence-electron chi connectivity index (χ0n) is 6.80. The second kappa shape index (κ2) is 9.44. The Morgan fingerprint density at radius 1 is 1.27 bits per heavy atom. The summed E-state index contributed by atoms with van der Waals surface area (Å²) in [4.78, 5) is 0. The Balaban J connectivity index is 2.96. The fourth-order valence-electron chi connectivity index (χ4n) is 0.498. The number of methoxy groups -OCH3 is 1. The molecule has 0 fully saturated rings. The van der Waals surface area contributed by atoms with Crippen molar-refractivity contribution in [3.05, 3.63) is 0 Å². The maximum atomic E-state index is 8.35. The minimum absolute atomic E-state index is 0.131. The maximum absolute atomic E-state index is 8.35. The van der Waals surface area contributed by atoms with E-state index in [1.165, 1.54) is 0 Å². The van der Waals surface area contributed by atoms with Crippen LogP contribution < -0.4 is 0 Å². The highest BCUT2D eigenvalue weighted by molar-refractivity contribution is 4.98. The molecule has 0 rings (SSSR count). The lowest BCUT2D eigenvalue weighted by Gasteiger charge is -1.96. The van der Waals surface area contributed by atoms with Crippen LogP contribution in [-0.2, 0) is 9.47 Å². The average molecular weight is 158 g/mol. The van der Waals surface area contributed by atoms with Crippen LogP contribution in [-0.4, -0.2) is 32.2 Å². The number of ether oxygens (including phenoxy) is 2. The summed E-state index contributed by atoms with van der Waals surface area (Å²) in [5.74, 6) is 5.65. The van der Waals surface area contributed by atoms with E-state index in [-0.39, 0.29) is 6.61 Å². The molecule has 1 N–H and O–H groups in total. The molecule has 0 heterocycles. The lowest BCUT2D eigenvalue weighted by molar-refractivity contribution is -0.0281. The molecule has 0 spiro atoms. The van der Waals surface area contributed by atoms with Gasteiger partial charge in [0.25, 0.3) is 0 Å². The summed E-state index contributed by atoms with van der Waals surface area (Å²) in [7, 11) is 1.58. The van der Waals surface area contributed by atoms with Gasteiger partial charge in [-0.2, -0.15) is 0 Å². The van der Waals surface area contributed by atoms with Gasteiger partial charge in [0, 0.05) is 20.0 Å². The van der Waals surface area contributed by atoms with Crippen molar-refractivity contribution < 1.29 is 14.6 Å². The third kappa shape index (κ3) is 9.44. The van der Waals surface area contributed by atoms with Crippen LogP contribution in [0.15, 0.2) is 0 Å². The summed E-state index contributed by atoms with van der Waals surface area (Å²) in [6, 6.07) is 0. The molecule has 11 heavy (non-hydrogen) atoms. The average Bonchev–Trinajstić information content (AvgIpc) is 2.03. The molecule has 0 aliphatic heterocycles. The molecule has 0 aliphatic carbocycles. The van der Waals surface area contributed by atoms with E-state index in [0.717, 1.165) is 0 Å². The van der Waals surface area contributed by atoms with E-state index in [4.69, 9.17) is 9.84 Å². The molecule has 0 radical (unpaired) electrons. The summed E-state index contributed by atoms with van der Waals surface area (Å²) in [6.07, 6.45) is 1.24. The van der Waals surface area contributed by atoms with Gasteiger partial charge in [0.05, 0.1) is 13.2 Å². The van der Waals surface area contributed by atoms with Crippen LogP contribution in [0.1, 0.15) is 12.8 Å². The van der Waals surface area contributed by atoms with Crippen molar-refractivity contribution in [1.82, 2.24) is 0 Å². The molecule has 0 bridgehead atoms. The summed E-state index contributed by atoms with van der Waals surface area (Å²) in [5, 5.41) is 8.35. The van der Waals surface area contributed by atoms with Gasteiger partial charge >= 0.3 is 0 Å². The van der Waals surface area contributed by atoms with Crippen molar-refractivity contribution in [2.24, 2.45) is 0 Å². The predicted molar refractivity (Wildman–Crippen MR) is 41.9 cm³/mol. The Hall–Kier alpha value is -0.560. The third-order valence-corrected chi connectivity index (χ3v) is 0.934. The summed E-state index contributed by atoms with van der Waals surface area (Å²) in [5.41, 5.74) is 0. The molecule has 3 nitrogen and oxygen atoms in total. The second-order valence-corrected chi connectivity index (χ2v) is 1.89. The fraction of sp³-hybridized carbons (Fsp3) is 0.750. The van der Waals surface area contributed by atoms with E-state index in [0.29, 0.717) is 26.2 Å². The maximum Gasteiger partial charge on any atom is 0.146 e. The van der Waals surface area contributed by atoms with Crippen LogP contribution in [0.5, 0.6) is 0 Å². The topological polar surface area (TPSA) is 38.7 Å². The SMILES string of the molecule is COCOCCC#CCCO.